The minimum absolute atomic E-state index is 0.00466. The summed E-state index contributed by atoms with van der Waals surface area (Å²) in [5.41, 5.74) is 6.18. The Morgan fingerprint density at radius 3 is 2.31 bits per heavy atom. The zero-order chi connectivity index (χ0) is 19.1. The van der Waals surface area contributed by atoms with Crippen molar-refractivity contribution >= 4 is 26.6 Å². The first-order valence-electron chi connectivity index (χ1n) is 8.14. The van der Waals surface area contributed by atoms with Crippen LogP contribution in [0.5, 0.6) is 5.75 Å². The van der Waals surface area contributed by atoms with Gasteiger partial charge in [-0.05, 0) is 68.6 Å². The Morgan fingerprint density at radius 2 is 1.69 bits per heavy atom. The Morgan fingerprint density at radius 1 is 1.04 bits per heavy atom. The average molecular weight is 372 g/mol. The number of anilines is 1. The van der Waals surface area contributed by atoms with Crippen LogP contribution in [0.1, 0.15) is 19.4 Å². The van der Waals surface area contributed by atoms with Gasteiger partial charge in [0.25, 0.3) is 15.6 Å². The normalized spacial score (nSPS) is 11.8. The molecule has 136 valence electrons. The van der Waals surface area contributed by atoms with Crippen LogP contribution >= 0.6 is 0 Å². The van der Waals surface area contributed by atoms with E-state index in [9.17, 15) is 13.2 Å². The van der Waals surface area contributed by atoms with E-state index in [2.05, 4.69) is 0 Å². The summed E-state index contributed by atoms with van der Waals surface area (Å²) < 4.78 is 32.6. The highest BCUT2D eigenvalue weighted by atomic mass is 32.2. The highest BCUT2D eigenvalue weighted by Gasteiger charge is 2.22. The van der Waals surface area contributed by atoms with Crippen molar-refractivity contribution in [2.24, 2.45) is 0 Å². The van der Waals surface area contributed by atoms with Crippen molar-refractivity contribution in [2.75, 3.05) is 5.73 Å². The van der Waals surface area contributed by atoms with Crippen LogP contribution in [-0.2, 0) is 10.0 Å². The Labute approximate surface area is 151 Å². The van der Waals surface area contributed by atoms with Crippen LogP contribution in [0.25, 0.3) is 10.9 Å². The van der Waals surface area contributed by atoms with Crippen molar-refractivity contribution in [1.82, 2.24) is 3.97 Å². The highest BCUT2D eigenvalue weighted by Crippen LogP contribution is 2.23. The molecule has 0 spiro atoms. The summed E-state index contributed by atoms with van der Waals surface area (Å²) in [4.78, 5) is 12.6. The third-order valence-corrected chi connectivity index (χ3v) is 5.61. The number of nitrogens with zero attached hydrogens (tertiary/aromatic N) is 1. The first kappa shape index (κ1) is 18.0. The molecule has 3 aromatic rings. The van der Waals surface area contributed by atoms with E-state index in [1.54, 1.807) is 37.3 Å². The topological polar surface area (TPSA) is 91.4 Å². The molecule has 0 aliphatic carbocycles. The number of hydrogen-bond donors (Lipinski definition) is 1. The monoisotopic (exact) mass is 372 g/mol. The quantitative estimate of drug-likeness (QED) is 0.711. The van der Waals surface area contributed by atoms with Gasteiger partial charge in [0.2, 0.25) is 0 Å². The largest absolute Gasteiger partial charge is 0.491 e. The fourth-order valence-electron chi connectivity index (χ4n) is 2.73. The summed E-state index contributed by atoms with van der Waals surface area (Å²) in [5, 5.41) is 0.625. The van der Waals surface area contributed by atoms with Crippen molar-refractivity contribution in [1.29, 1.82) is 0 Å². The molecule has 1 heterocycles. The Hall–Kier alpha value is -2.80. The number of nitrogens with two attached hydrogens (primary N) is 1. The minimum atomic E-state index is -4.09. The first-order chi connectivity index (χ1) is 12.2. The van der Waals surface area contributed by atoms with E-state index in [1.165, 1.54) is 18.2 Å². The second-order valence-corrected chi connectivity index (χ2v) is 8.14. The second-order valence-electron chi connectivity index (χ2n) is 6.36. The number of aryl methyl sites for hydroxylation is 1. The van der Waals surface area contributed by atoms with E-state index < -0.39 is 15.6 Å². The van der Waals surface area contributed by atoms with Gasteiger partial charge < -0.3 is 10.5 Å². The van der Waals surface area contributed by atoms with Gasteiger partial charge in [-0.2, -0.15) is 3.97 Å². The molecule has 6 nitrogen and oxygen atoms in total. The van der Waals surface area contributed by atoms with Gasteiger partial charge in [-0.1, -0.05) is 6.07 Å². The lowest BCUT2D eigenvalue weighted by atomic mass is 10.1. The summed E-state index contributed by atoms with van der Waals surface area (Å²) in [6.07, 6.45) is -0.0243. The molecule has 0 aliphatic rings. The van der Waals surface area contributed by atoms with E-state index in [0.717, 1.165) is 3.97 Å². The molecule has 1 aromatic heterocycles. The maximum Gasteiger partial charge on any atom is 0.271 e. The number of fused-ring (bicyclic) bond motifs is 1. The van der Waals surface area contributed by atoms with Crippen LogP contribution < -0.4 is 16.0 Å². The lowest BCUT2D eigenvalue weighted by molar-refractivity contribution is 0.242. The molecule has 0 fully saturated rings. The van der Waals surface area contributed by atoms with Crippen molar-refractivity contribution < 1.29 is 13.2 Å². The molecule has 2 aromatic carbocycles. The molecule has 0 amide bonds. The third-order valence-electron chi connectivity index (χ3n) is 3.90. The number of pyridine rings is 1. The number of benzene rings is 2. The van der Waals surface area contributed by atoms with Gasteiger partial charge in [-0.15, -0.1) is 0 Å². The molecule has 7 heteroatoms. The van der Waals surface area contributed by atoms with E-state index in [0.29, 0.717) is 22.4 Å². The predicted molar refractivity (Wildman–Crippen MR) is 102 cm³/mol. The number of aromatic nitrogens is 1. The molecule has 0 bridgehead atoms. The van der Waals surface area contributed by atoms with Gasteiger partial charge >= 0.3 is 0 Å². The third kappa shape index (κ3) is 3.17. The molecule has 0 saturated carbocycles. The summed E-state index contributed by atoms with van der Waals surface area (Å²) in [6, 6.07) is 12.5. The van der Waals surface area contributed by atoms with Crippen LogP contribution in [0.3, 0.4) is 0 Å². The Balaban J connectivity index is 2.23. The Kier molecular flexibility index (Phi) is 4.50. The number of hydrogen-bond acceptors (Lipinski definition) is 5. The molecular formula is C19H20N2O4S. The van der Waals surface area contributed by atoms with Gasteiger partial charge in [-0.25, -0.2) is 8.42 Å². The average Bonchev–Trinajstić information content (AvgIpc) is 2.56. The molecule has 26 heavy (non-hydrogen) atoms. The lowest BCUT2D eigenvalue weighted by Gasteiger charge is -2.14. The number of ether oxygens (including phenoxy) is 1. The van der Waals surface area contributed by atoms with Gasteiger partial charge in [0.05, 0.1) is 16.5 Å². The lowest BCUT2D eigenvalue weighted by Crippen LogP contribution is -2.29. The molecular weight excluding hydrogens is 352 g/mol. The van der Waals surface area contributed by atoms with Crippen LogP contribution in [0.2, 0.25) is 0 Å². The van der Waals surface area contributed by atoms with Crippen LogP contribution in [0.15, 0.2) is 58.2 Å². The molecule has 0 saturated heterocycles. The summed E-state index contributed by atoms with van der Waals surface area (Å²) in [5.74, 6) is 0.560. The molecule has 0 radical (unpaired) electrons. The Bertz CT molecular complexity index is 1130. The fraction of sp³-hybridized carbons (Fsp3) is 0.211. The zero-order valence-electron chi connectivity index (χ0n) is 14.8. The first-order valence-corrected chi connectivity index (χ1v) is 9.58. The predicted octanol–water partition coefficient (Wildman–Crippen LogP) is 2.92. The molecule has 0 atom stereocenters. The molecule has 0 unspecified atom stereocenters. The van der Waals surface area contributed by atoms with Gasteiger partial charge in [-0.3, -0.25) is 4.79 Å². The van der Waals surface area contributed by atoms with Crippen LogP contribution in [-0.4, -0.2) is 18.5 Å². The van der Waals surface area contributed by atoms with Gasteiger partial charge in [0.15, 0.2) is 0 Å². The number of rotatable bonds is 4. The van der Waals surface area contributed by atoms with Gasteiger partial charge in [0, 0.05) is 11.3 Å². The van der Waals surface area contributed by atoms with Crippen molar-refractivity contribution in [2.45, 2.75) is 31.8 Å². The van der Waals surface area contributed by atoms with Crippen LogP contribution in [0, 0.1) is 6.92 Å². The molecule has 2 N–H and O–H groups in total. The van der Waals surface area contributed by atoms with Crippen molar-refractivity contribution in [3.05, 3.63) is 64.4 Å². The van der Waals surface area contributed by atoms with Crippen molar-refractivity contribution in [3.8, 4) is 5.75 Å². The SMILES string of the molecule is Cc1cc2ccc(N)cc2n(S(=O)(=O)c2ccc(OC(C)C)cc2)c1=O. The van der Waals surface area contributed by atoms with Gasteiger partial charge in [0.1, 0.15) is 5.75 Å². The van der Waals surface area contributed by atoms with E-state index in [1.807, 2.05) is 13.8 Å². The van der Waals surface area contributed by atoms with E-state index in [-0.39, 0.29) is 16.5 Å². The molecule has 3 rings (SSSR count). The molecule has 0 aliphatic heterocycles. The van der Waals surface area contributed by atoms with Crippen molar-refractivity contribution in [3.63, 3.8) is 0 Å². The summed E-state index contributed by atoms with van der Waals surface area (Å²) >= 11 is 0. The summed E-state index contributed by atoms with van der Waals surface area (Å²) in [6.45, 7) is 5.35. The van der Waals surface area contributed by atoms with E-state index in [4.69, 9.17) is 10.5 Å². The highest BCUT2D eigenvalue weighted by molar-refractivity contribution is 7.90. The zero-order valence-corrected chi connectivity index (χ0v) is 15.6. The minimum Gasteiger partial charge on any atom is -0.491 e. The van der Waals surface area contributed by atoms with E-state index >= 15 is 0 Å². The standard InChI is InChI=1S/C19H20N2O4S/c1-12(2)25-16-6-8-17(9-7-16)26(23,24)21-18-11-15(20)5-4-14(18)10-13(3)19(21)22/h4-12H,20H2,1-3H3. The number of nitrogen functional groups attached to an aromatic ring is 1. The summed E-state index contributed by atoms with van der Waals surface area (Å²) in [7, 11) is -4.09. The maximum absolute atomic E-state index is 13.1. The second kappa shape index (κ2) is 6.49. The van der Waals surface area contributed by atoms with Crippen LogP contribution in [0.4, 0.5) is 5.69 Å². The smallest absolute Gasteiger partial charge is 0.271 e. The fourth-order valence-corrected chi connectivity index (χ4v) is 4.20. The maximum atomic E-state index is 13.1.